The number of aromatic nitrogens is 1. The predicted octanol–water partition coefficient (Wildman–Crippen LogP) is 4.86. The van der Waals surface area contributed by atoms with E-state index in [-0.39, 0.29) is 0 Å². The minimum absolute atomic E-state index is 0.332. The molecule has 31 heavy (non-hydrogen) atoms. The molecule has 0 amide bonds. The van der Waals surface area contributed by atoms with Gasteiger partial charge in [-0.25, -0.2) is 4.79 Å². The molecular formula is C25H27NO4S. The van der Waals surface area contributed by atoms with E-state index in [2.05, 4.69) is 47.2 Å². The number of hydrogen-bond donors (Lipinski definition) is 1. The Morgan fingerprint density at radius 3 is 2.55 bits per heavy atom. The van der Waals surface area contributed by atoms with Crippen molar-refractivity contribution in [3.8, 4) is 5.75 Å². The van der Waals surface area contributed by atoms with E-state index in [0.29, 0.717) is 26.2 Å². The lowest BCUT2D eigenvalue weighted by Crippen LogP contribution is -2.26. The van der Waals surface area contributed by atoms with Crippen LogP contribution in [-0.4, -0.2) is 41.2 Å². The predicted molar refractivity (Wildman–Crippen MR) is 124 cm³/mol. The zero-order chi connectivity index (χ0) is 22.2. The van der Waals surface area contributed by atoms with Crippen molar-refractivity contribution in [2.75, 3.05) is 19.5 Å². The molecule has 6 heteroatoms. The smallest absolute Gasteiger partial charge is 0.333 e. The van der Waals surface area contributed by atoms with Gasteiger partial charge in [0.1, 0.15) is 12.4 Å². The monoisotopic (exact) mass is 437 g/mol. The number of aliphatic carboxylic acids is 1. The highest BCUT2D eigenvalue weighted by atomic mass is 32.2. The van der Waals surface area contributed by atoms with Crippen LogP contribution in [0.15, 0.2) is 64.9 Å². The molecule has 1 aliphatic carbocycles. The fourth-order valence-electron chi connectivity index (χ4n) is 3.35. The van der Waals surface area contributed by atoms with E-state index in [4.69, 9.17) is 9.47 Å². The van der Waals surface area contributed by atoms with Crippen LogP contribution in [0, 0.1) is 6.92 Å². The second-order valence-electron chi connectivity index (χ2n) is 7.06. The molecule has 0 fully saturated rings. The van der Waals surface area contributed by atoms with Gasteiger partial charge in [0, 0.05) is 24.3 Å². The Morgan fingerprint density at radius 1 is 1.16 bits per heavy atom. The van der Waals surface area contributed by atoms with Gasteiger partial charge in [0.2, 0.25) is 0 Å². The number of ether oxygens (including phenoxy) is 2. The van der Waals surface area contributed by atoms with Crippen LogP contribution in [0.1, 0.15) is 23.9 Å². The van der Waals surface area contributed by atoms with Crippen LogP contribution in [0.25, 0.3) is 5.57 Å². The first-order valence-corrected chi connectivity index (χ1v) is 11.4. The number of carbonyl (C=O) groups is 1. The SMILES string of the molecule is CCO[C@@H](Cc1ccc(OCCn2c(C)ccc2C2=C=C=C(SC)C=C2)cc1)C(=O)O. The highest BCUT2D eigenvalue weighted by Gasteiger charge is 2.17. The summed E-state index contributed by atoms with van der Waals surface area (Å²) in [7, 11) is 0. The van der Waals surface area contributed by atoms with Crippen LogP contribution in [0.4, 0.5) is 0 Å². The molecule has 0 saturated carbocycles. The number of carboxylic acid groups (broad SMARTS) is 1. The third-order valence-electron chi connectivity index (χ3n) is 4.99. The summed E-state index contributed by atoms with van der Waals surface area (Å²) in [6.45, 7) is 5.47. The fourth-order valence-corrected chi connectivity index (χ4v) is 3.71. The lowest BCUT2D eigenvalue weighted by Gasteiger charge is -2.14. The lowest BCUT2D eigenvalue weighted by atomic mass is 10.1. The largest absolute Gasteiger partial charge is 0.492 e. The zero-order valence-electron chi connectivity index (χ0n) is 18.1. The maximum absolute atomic E-state index is 11.2. The molecule has 1 heterocycles. The van der Waals surface area contributed by atoms with Crippen molar-refractivity contribution < 1.29 is 19.4 Å². The Bertz CT molecular complexity index is 1050. The zero-order valence-corrected chi connectivity index (χ0v) is 18.9. The van der Waals surface area contributed by atoms with E-state index in [9.17, 15) is 9.90 Å². The van der Waals surface area contributed by atoms with Gasteiger partial charge in [-0.05, 0) is 62.1 Å². The van der Waals surface area contributed by atoms with Gasteiger partial charge >= 0.3 is 5.97 Å². The van der Waals surface area contributed by atoms with Gasteiger partial charge in [0.05, 0.1) is 17.1 Å². The molecule has 0 unspecified atom stereocenters. The molecule has 1 aromatic carbocycles. The number of carboxylic acids is 1. The van der Waals surface area contributed by atoms with Crippen LogP contribution in [0.2, 0.25) is 0 Å². The van der Waals surface area contributed by atoms with Gasteiger partial charge in [0.15, 0.2) is 6.10 Å². The van der Waals surface area contributed by atoms with Crippen molar-refractivity contribution in [1.29, 1.82) is 0 Å². The van der Waals surface area contributed by atoms with E-state index < -0.39 is 12.1 Å². The van der Waals surface area contributed by atoms with E-state index in [1.54, 1.807) is 18.7 Å². The Balaban J connectivity index is 1.61. The molecule has 0 bridgehead atoms. The highest BCUT2D eigenvalue weighted by Crippen LogP contribution is 2.23. The standard InChI is InChI=1S/C25H27NO4S/c1-4-29-24(25(27)28)17-19-6-10-21(11-7-19)30-16-15-26-18(2)5-14-23(26)20-8-12-22(31-3)13-9-20/h5-8,10-12,14,24H,4,15-17H2,1-3H3,(H,27,28)/t24-/m0/s1. The fraction of sp³-hybridized carbons (Fsp3) is 0.320. The van der Waals surface area contributed by atoms with Crippen LogP contribution in [0.5, 0.6) is 5.75 Å². The van der Waals surface area contributed by atoms with Crippen molar-refractivity contribution in [3.05, 3.63) is 81.9 Å². The molecule has 1 aliphatic rings. The Labute approximate surface area is 187 Å². The summed E-state index contributed by atoms with van der Waals surface area (Å²) in [5.41, 5.74) is 10.6. The van der Waals surface area contributed by atoms with Gasteiger partial charge in [-0.3, -0.25) is 0 Å². The highest BCUT2D eigenvalue weighted by molar-refractivity contribution is 8.02. The second kappa shape index (κ2) is 10.9. The summed E-state index contributed by atoms with van der Waals surface area (Å²) in [6.07, 6.45) is 5.66. The molecule has 2 aromatic rings. The number of rotatable bonds is 11. The Kier molecular flexibility index (Phi) is 8.05. The summed E-state index contributed by atoms with van der Waals surface area (Å²) in [4.78, 5) is 12.3. The summed E-state index contributed by atoms with van der Waals surface area (Å²) in [5, 5.41) is 9.22. The van der Waals surface area contributed by atoms with Gasteiger partial charge in [0.25, 0.3) is 0 Å². The lowest BCUT2D eigenvalue weighted by molar-refractivity contribution is -0.149. The van der Waals surface area contributed by atoms with Crippen LogP contribution >= 0.6 is 11.8 Å². The number of aryl methyl sites for hydroxylation is 1. The molecule has 0 saturated heterocycles. The number of benzene rings is 1. The van der Waals surface area contributed by atoms with Crippen molar-refractivity contribution in [2.24, 2.45) is 0 Å². The molecule has 1 atom stereocenters. The van der Waals surface area contributed by atoms with Crippen LogP contribution in [0.3, 0.4) is 0 Å². The Hall–Kier alpha value is -2.88. The number of hydrogen-bond acceptors (Lipinski definition) is 4. The van der Waals surface area contributed by atoms with Crippen molar-refractivity contribution >= 4 is 23.3 Å². The molecule has 1 N–H and O–H groups in total. The molecule has 0 aliphatic heterocycles. The number of thioether (sulfide) groups is 1. The minimum Gasteiger partial charge on any atom is -0.492 e. The summed E-state index contributed by atoms with van der Waals surface area (Å²) >= 11 is 1.65. The van der Waals surface area contributed by atoms with Gasteiger partial charge in [-0.15, -0.1) is 11.8 Å². The first-order chi connectivity index (χ1) is 15.0. The first kappa shape index (κ1) is 22.8. The van der Waals surface area contributed by atoms with Crippen LogP contribution in [-0.2, 0) is 22.5 Å². The molecule has 0 radical (unpaired) electrons. The average molecular weight is 438 g/mol. The normalized spacial score (nSPS) is 13.6. The molecule has 3 rings (SSSR count). The maximum Gasteiger partial charge on any atom is 0.333 e. The summed E-state index contributed by atoms with van der Waals surface area (Å²) < 4.78 is 13.4. The van der Waals surface area contributed by atoms with Gasteiger partial charge in [-0.2, -0.15) is 0 Å². The quantitative estimate of drug-likeness (QED) is 0.509. The third kappa shape index (κ3) is 6.06. The van der Waals surface area contributed by atoms with Crippen molar-refractivity contribution in [1.82, 2.24) is 4.57 Å². The van der Waals surface area contributed by atoms with E-state index in [1.807, 2.05) is 30.5 Å². The second-order valence-corrected chi connectivity index (χ2v) is 7.90. The van der Waals surface area contributed by atoms with Gasteiger partial charge < -0.3 is 19.1 Å². The van der Waals surface area contributed by atoms with Gasteiger partial charge in [-0.1, -0.05) is 23.6 Å². The number of nitrogens with zero attached hydrogens (tertiary/aromatic N) is 1. The third-order valence-corrected chi connectivity index (χ3v) is 5.67. The molecule has 0 spiro atoms. The minimum atomic E-state index is -0.946. The Morgan fingerprint density at radius 2 is 1.94 bits per heavy atom. The van der Waals surface area contributed by atoms with Crippen molar-refractivity contribution in [3.63, 3.8) is 0 Å². The van der Waals surface area contributed by atoms with Crippen LogP contribution < -0.4 is 4.74 Å². The summed E-state index contributed by atoms with van der Waals surface area (Å²) in [5.74, 6) is -0.194. The van der Waals surface area contributed by atoms with E-state index in [0.717, 1.165) is 33.2 Å². The topological polar surface area (TPSA) is 60.7 Å². The molecule has 1 aromatic heterocycles. The summed E-state index contributed by atoms with van der Waals surface area (Å²) in [6, 6.07) is 11.7. The van der Waals surface area contributed by atoms with E-state index in [1.165, 1.54) is 0 Å². The number of allylic oxidation sites excluding steroid dienone is 3. The maximum atomic E-state index is 11.2. The molecule has 5 nitrogen and oxygen atoms in total. The van der Waals surface area contributed by atoms with E-state index >= 15 is 0 Å². The molecular weight excluding hydrogens is 410 g/mol. The molecule has 162 valence electrons. The average Bonchev–Trinajstić information content (AvgIpc) is 3.15. The first-order valence-electron chi connectivity index (χ1n) is 10.2. The van der Waals surface area contributed by atoms with Crippen molar-refractivity contribution in [2.45, 2.75) is 32.9 Å².